The number of hydrogen-bond donors (Lipinski definition) is 3. The summed E-state index contributed by atoms with van der Waals surface area (Å²) < 4.78 is 40.4. The minimum atomic E-state index is -4.20. The van der Waals surface area contributed by atoms with E-state index >= 15 is 0 Å². The Morgan fingerprint density at radius 2 is 1.37 bits per heavy atom. The molecule has 0 fully saturated rings. The van der Waals surface area contributed by atoms with Gasteiger partial charge >= 0.3 is 0 Å². The largest absolute Gasteiger partial charge is 0.497 e. The minimum absolute atomic E-state index is 0.0255. The van der Waals surface area contributed by atoms with E-state index in [1.54, 1.807) is 69.3 Å². The first-order valence-electron chi connectivity index (χ1n) is 11.7. The topological polar surface area (TPSA) is 132 Å². The number of rotatable bonds is 8. The molecule has 0 unspecified atom stereocenters. The number of carbonyl (C=O) groups excluding carboxylic acids is 1. The Bertz CT molecular complexity index is 1580. The van der Waals surface area contributed by atoms with E-state index in [4.69, 9.17) is 9.47 Å². The maximum Gasteiger partial charge on any atom is 0.265 e. The van der Waals surface area contributed by atoms with Crippen LogP contribution < -0.4 is 24.8 Å². The van der Waals surface area contributed by atoms with E-state index in [2.05, 4.69) is 25.3 Å². The highest BCUT2D eigenvalue weighted by Gasteiger charge is 2.26. The van der Waals surface area contributed by atoms with Gasteiger partial charge in [-0.2, -0.15) is 0 Å². The van der Waals surface area contributed by atoms with Crippen molar-refractivity contribution < 1.29 is 22.7 Å². The van der Waals surface area contributed by atoms with Gasteiger partial charge in [0, 0.05) is 29.3 Å². The van der Waals surface area contributed by atoms with Crippen molar-refractivity contribution in [2.24, 2.45) is 5.41 Å². The molecule has 11 heteroatoms. The molecule has 198 valence electrons. The number of nitrogens with zero attached hydrogens (tertiary/aromatic N) is 2. The normalized spacial score (nSPS) is 11.6. The van der Waals surface area contributed by atoms with Gasteiger partial charge in [-0.3, -0.25) is 9.52 Å². The molecular formula is C27H29N5O5S. The molecule has 1 heterocycles. The average Bonchev–Trinajstić information content (AvgIpc) is 2.88. The molecule has 0 aliphatic rings. The second-order valence-electron chi connectivity index (χ2n) is 9.44. The number of carbonyl (C=O) groups is 1. The van der Waals surface area contributed by atoms with Crippen LogP contribution in [0.25, 0.3) is 11.0 Å². The summed E-state index contributed by atoms with van der Waals surface area (Å²) in [5.41, 5.74) is 1.03. The molecule has 0 saturated heterocycles. The van der Waals surface area contributed by atoms with Crippen LogP contribution in [0.5, 0.6) is 11.5 Å². The molecule has 10 nitrogen and oxygen atoms in total. The number of sulfonamides is 1. The van der Waals surface area contributed by atoms with Crippen molar-refractivity contribution in [1.82, 2.24) is 9.97 Å². The molecule has 0 bridgehead atoms. The third-order valence-corrected chi connectivity index (χ3v) is 6.92. The van der Waals surface area contributed by atoms with Crippen LogP contribution in [0.1, 0.15) is 20.8 Å². The Labute approximate surface area is 221 Å². The van der Waals surface area contributed by atoms with Crippen LogP contribution in [0.3, 0.4) is 0 Å². The van der Waals surface area contributed by atoms with Crippen molar-refractivity contribution >= 4 is 50.0 Å². The van der Waals surface area contributed by atoms with Gasteiger partial charge in [-0.05, 0) is 24.3 Å². The van der Waals surface area contributed by atoms with E-state index in [0.29, 0.717) is 28.2 Å². The number of fused-ring (bicyclic) bond motifs is 1. The lowest BCUT2D eigenvalue weighted by Crippen LogP contribution is -2.28. The molecule has 3 N–H and O–H groups in total. The highest BCUT2D eigenvalue weighted by molar-refractivity contribution is 7.92. The zero-order valence-corrected chi connectivity index (χ0v) is 22.5. The molecule has 38 heavy (non-hydrogen) atoms. The Balaban J connectivity index is 1.77. The van der Waals surface area contributed by atoms with Gasteiger partial charge in [-0.25, -0.2) is 18.4 Å². The first kappa shape index (κ1) is 26.7. The number of nitrogens with one attached hydrogen (secondary N) is 3. The van der Waals surface area contributed by atoms with Crippen LogP contribution in [-0.4, -0.2) is 38.5 Å². The van der Waals surface area contributed by atoms with Gasteiger partial charge in [-0.1, -0.05) is 45.0 Å². The summed E-state index contributed by atoms with van der Waals surface area (Å²) in [6.45, 7) is 5.23. The van der Waals surface area contributed by atoms with Gasteiger partial charge < -0.3 is 20.1 Å². The van der Waals surface area contributed by atoms with Crippen LogP contribution in [0.4, 0.5) is 23.0 Å². The molecule has 1 aromatic heterocycles. The Kier molecular flexibility index (Phi) is 7.40. The molecule has 4 aromatic rings. The molecular weight excluding hydrogens is 506 g/mol. The number of amides is 1. The number of benzene rings is 3. The van der Waals surface area contributed by atoms with Crippen LogP contribution in [0, 0.1) is 5.41 Å². The monoisotopic (exact) mass is 535 g/mol. The van der Waals surface area contributed by atoms with Crippen molar-refractivity contribution in [3.63, 3.8) is 0 Å². The maximum atomic E-state index is 13.6. The van der Waals surface area contributed by atoms with Gasteiger partial charge in [-0.15, -0.1) is 0 Å². The zero-order chi connectivity index (χ0) is 27.5. The third kappa shape index (κ3) is 5.94. The number of methoxy groups -OCH3 is 2. The number of ether oxygens (including phenoxy) is 2. The summed E-state index contributed by atoms with van der Waals surface area (Å²) >= 11 is 0. The summed E-state index contributed by atoms with van der Waals surface area (Å²) in [5.74, 6) is 0.888. The van der Waals surface area contributed by atoms with Crippen molar-refractivity contribution in [1.29, 1.82) is 0 Å². The number of anilines is 4. The predicted molar refractivity (Wildman–Crippen MR) is 148 cm³/mol. The van der Waals surface area contributed by atoms with E-state index < -0.39 is 15.4 Å². The van der Waals surface area contributed by atoms with Crippen molar-refractivity contribution in [2.75, 3.05) is 29.6 Å². The highest BCUT2D eigenvalue weighted by Crippen LogP contribution is 2.32. The Hall–Kier alpha value is -4.38. The first-order valence-corrected chi connectivity index (χ1v) is 13.2. The predicted octanol–water partition coefficient (Wildman–Crippen LogP) is 5.18. The van der Waals surface area contributed by atoms with Crippen LogP contribution >= 0.6 is 0 Å². The third-order valence-electron chi connectivity index (χ3n) is 5.52. The fraction of sp³-hybridized carbons (Fsp3) is 0.222. The van der Waals surface area contributed by atoms with E-state index in [9.17, 15) is 13.2 Å². The average molecular weight is 536 g/mol. The lowest BCUT2D eigenvalue weighted by molar-refractivity contribution is -0.123. The summed E-state index contributed by atoms with van der Waals surface area (Å²) in [4.78, 5) is 21.6. The molecule has 0 atom stereocenters. The zero-order valence-electron chi connectivity index (χ0n) is 21.7. The van der Waals surface area contributed by atoms with E-state index in [-0.39, 0.29) is 28.1 Å². The lowest BCUT2D eigenvalue weighted by Gasteiger charge is -2.20. The van der Waals surface area contributed by atoms with Gasteiger partial charge in [0.15, 0.2) is 11.6 Å². The highest BCUT2D eigenvalue weighted by atomic mass is 32.2. The first-order chi connectivity index (χ1) is 18.0. The van der Waals surface area contributed by atoms with E-state index in [1.807, 2.05) is 6.07 Å². The lowest BCUT2D eigenvalue weighted by atomic mass is 9.95. The number of aromatic nitrogens is 2. The minimum Gasteiger partial charge on any atom is -0.497 e. The smallest absolute Gasteiger partial charge is 0.265 e. The summed E-state index contributed by atoms with van der Waals surface area (Å²) in [5, 5.41) is 5.84. The Morgan fingerprint density at radius 1 is 0.816 bits per heavy atom. The van der Waals surface area contributed by atoms with E-state index in [1.165, 1.54) is 26.4 Å². The maximum absolute atomic E-state index is 13.6. The van der Waals surface area contributed by atoms with Crippen molar-refractivity contribution in [3.8, 4) is 11.5 Å². The van der Waals surface area contributed by atoms with Gasteiger partial charge in [0.1, 0.15) is 16.4 Å². The SMILES string of the molecule is COc1cc(Nc2nc3ccccc3nc2NS(=O)(=O)c2ccccc2NC(=O)C(C)(C)C)cc(OC)c1. The van der Waals surface area contributed by atoms with Crippen molar-refractivity contribution in [3.05, 3.63) is 66.7 Å². The quantitative estimate of drug-likeness (QED) is 0.281. The fourth-order valence-electron chi connectivity index (χ4n) is 3.47. The van der Waals surface area contributed by atoms with Gasteiger partial charge in [0.2, 0.25) is 5.91 Å². The standard InChI is InChI=1S/C27H29N5O5S/c1-27(2,3)26(33)31-22-12-8-9-13-23(22)38(34,35)32-25-24(29-20-10-6-7-11-21(20)30-25)28-17-14-18(36-4)16-19(15-17)37-5/h6-16H,1-5H3,(H,28,29)(H,30,32)(H,31,33). The van der Waals surface area contributed by atoms with Crippen LogP contribution in [-0.2, 0) is 14.8 Å². The molecule has 0 radical (unpaired) electrons. The molecule has 3 aromatic carbocycles. The van der Waals surface area contributed by atoms with Crippen molar-refractivity contribution in [2.45, 2.75) is 25.7 Å². The summed E-state index contributed by atoms with van der Waals surface area (Å²) in [7, 11) is -1.14. The van der Waals surface area contributed by atoms with Crippen LogP contribution in [0.15, 0.2) is 71.6 Å². The summed E-state index contributed by atoms with van der Waals surface area (Å²) in [6, 6.07) is 18.4. The molecule has 1 amide bonds. The van der Waals surface area contributed by atoms with Gasteiger partial charge in [0.25, 0.3) is 10.0 Å². The molecule has 0 aliphatic heterocycles. The molecule has 0 saturated carbocycles. The number of para-hydroxylation sites is 3. The van der Waals surface area contributed by atoms with E-state index in [0.717, 1.165) is 0 Å². The van der Waals surface area contributed by atoms with Crippen LogP contribution in [0.2, 0.25) is 0 Å². The number of hydrogen-bond acceptors (Lipinski definition) is 8. The summed E-state index contributed by atoms with van der Waals surface area (Å²) in [6.07, 6.45) is 0. The second-order valence-corrected chi connectivity index (χ2v) is 11.1. The molecule has 0 aliphatic carbocycles. The molecule has 4 rings (SSSR count). The van der Waals surface area contributed by atoms with Gasteiger partial charge in [0.05, 0.1) is 30.9 Å². The Morgan fingerprint density at radius 3 is 1.95 bits per heavy atom. The fourth-order valence-corrected chi connectivity index (χ4v) is 4.64. The molecule has 0 spiro atoms. The second kappa shape index (κ2) is 10.5.